The molecule has 0 atom stereocenters. The van der Waals surface area contributed by atoms with Crippen molar-refractivity contribution in [2.45, 2.75) is 13.5 Å². The van der Waals surface area contributed by atoms with Gasteiger partial charge in [0.15, 0.2) is 0 Å². The van der Waals surface area contributed by atoms with Crippen molar-refractivity contribution in [2.24, 2.45) is 0 Å². The Bertz CT molecular complexity index is 903. The van der Waals surface area contributed by atoms with Crippen LogP contribution in [0.1, 0.15) is 12.5 Å². The van der Waals surface area contributed by atoms with E-state index >= 15 is 0 Å². The summed E-state index contributed by atoms with van der Waals surface area (Å²) in [6.45, 7) is 5.78. The van der Waals surface area contributed by atoms with Crippen molar-refractivity contribution in [1.82, 2.24) is 9.55 Å². The van der Waals surface area contributed by atoms with Gasteiger partial charge < -0.3 is 9.72 Å². The molecule has 1 aromatic heterocycles. The largest absolute Gasteiger partial charge is 0.497 e. The number of nitrogens with zero attached hydrogens (tertiary/aromatic N) is 1. The summed E-state index contributed by atoms with van der Waals surface area (Å²) < 4.78 is 6.23. The van der Waals surface area contributed by atoms with E-state index in [9.17, 15) is 9.59 Å². The summed E-state index contributed by atoms with van der Waals surface area (Å²) in [5, 5.41) is 0.699. The van der Waals surface area contributed by atoms with Gasteiger partial charge in [0.05, 0.1) is 12.3 Å². The molecule has 0 bridgehead atoms. The molecule has 0 amide bonds. The second kappa shape index (κ2) is 6.76. The smallest absolute Gasteiger partial charge is 0.328 e. The van der Waals surface area contributed by atoms with Crippen LogP contribution in [0.4, 0.5) is 0 Å². The maximum absolute atomic E-state index is 12.2. The molecule has 0 spiro atoms. The first-order chi connectivity index (χ1) is 10.6. The maximum Gasteiger partial charge on any atom is 0.328 e. The van der Waals surface area contributed by atoms with Gasteiger partial charge in [0.1, 0.15) is 5.75 Å². The van der Waals surface area contributed by atoms with Gasteiger partial charge >= 0.3 is 5.69 Å². The highest BCUT2D eigenvalue weighted by Crippen LogP contribution is 2.12. The Labute approximate surface area is 127 Å². The van der Waals surface area contributed by atoms with Crippen molar-refractivity contribution in [3.8, 4) is 5.75 Å². The Morgan fingerprint density at radius 1 is 1.27 bits per heavy atom. The van der Waals surface area contributed by atoms with Gasteiger partial charge in [-0.1, -0.05) is 30.9 Å². The van der Waals surface area contributed by atoms with Gasteiger partial charge in [0, 0.05) is 11.9 Å². The van der Waals surface area contributed by atoms with Crippen LogP contribution in [0.25, 0.3) is 18.7 Å². The summed E-state index contributed by atoms with van der Waals surface area (Å²) in [6.07, 6.45) is 5.27. The van der Waals surface area contributed by atoms with E-state index in [2.05, 4.69) is 11.6 Å². The molecule has 0 aliphatic heterocycles. The Morgan fingerprint density at radius 3 is 2.55 bits per heavy atom. The van der Waals surface area contributed by atoms with Crippen LogP contribution in [-0.2, 0) is 6.54 Å². The fraction of sp³-hybridized carbons (Fsp3) is 0.176. The van der Waals surface area contributed by atoms with Crippen LogP contribution in [0.5, 0.6) is 5.75 Å². The molecule has 0 unspecified atom stereocenters. The zero-order valence-electron chi connectivity index (χ0n) is 12.6. The predicted octanol–water partition coefficient (Wildman–Crippen LogP) is 0.469. The zero-order valence-corrected chi connectivity index (χ0v) is 12.6. The Hall–Kier alpha value is -2.82. The van der Waals surface area contributed by atoms with Crippen LogP contribution in [0, 0.1) is 0 Å². The minimum Gasteiger partial charge on any atom is -0.497 e. The molecule has 22 heavy (non-hydrogen) atoms. The molecule has 5 nitrogen and oxygen atoms in total. The summed E-state index contributed by atoms with van der Waals surface area (Å²) >= 11 is 0. The van der Waals surface area contributed by atoms with E-state index in [0.717, 1.165) is 15.9 Å². The Balaban J connectivity index is 2.41. The normalized spacial score (nSPS) is 12.0. The average Bonchev–Trinajstić information content (AvgIpc) is 2.51. The summed E-state index contributed by atoms with van der Waals surface area (Å²) in [5.41, 5.74) is 0.201. The van der Waals surface area contributed by atoms with Crippen LogP contribution >= 0.6 is 0 Å². The van der Waals surface area contributed by atoms with Gasteiger partial charge in [0.2, 0.25) is 0 Å². The van der Waals surface area contributed by atoms with Crippen molar-refractivity contribution < 1.29 is 4.74 Å². The number of hydrogen-bond donors (Lipinski definition) is 1. The molecule has 1 aromatic carbocycles. The van der Waals surface area contributed by atoms with E-state index in [1.807, 2.05) is 30.3 Å². The number of methoxy groups -OCH3 is 1. The molecule has 2 aromatic rings. The van der Waals surface area contributed by atoms with Crippen molar-refractivity contribution in [3.63, 3.8) is 0 Å². The number of hydrogen-bond acceptors (Lipinski definition) is 3. The lowest BCUT2D eigenvalue weighted by Crippen LogP contribution is -2.52. The van der Waals surface area contributed by atoms with E-state index in [0.29, 0.717) is 17.1 Å². The standard InChI is InChI=1S/C17H18N2O3/c1-4-19-16(20)15(12(2)18-17(19)21)7-5-6-13-8-10-14(22-3)11-9-13/h5-11H,2,4H2,1,3H3,(H,18,21). The molecular weight excluding hydrogens is 280 g/mol. The predicted molar refractivity (Wildman–Crippen MR) is 88.3 cm³/mol. The Morgan fingerprint density at radius 2 is 1.95 bits per heavy atom. The lowest BCUT2D eigenvalue weighted by molar-refractivity contribution is 0.415. The van der Waals surface area contributed by atoms with Crippen molar-refractivity contribution in [2.75, 3.05) is 7.11 Å². The molecule has 0 saturated carbocycles. The minimum atomic E-state index is -0.436. The monoisotopic (exact) mass is 298 g/mol. The molecule has 114 valence electrons. The number of nitrogens with one attached hydrogen (secondary N) is 1. The molecule has 5 heteroatoms. The van der Waals surface area contributed by atoms with Gasteiger partial charge in [-0.05, 0) is 30.7 Å². The van der Waals surface area contributed by atoms with Gasteiger partial charge in [0.25, 0.3) is 5.56 Å². The Kier molecular flexibility index (Phi) is 4.78. The van der Waals surface area contributed by atoms with Gasteiger partial charge in [-0.25, -0.2) is 4.79 Å². The second-order valence-corrected chi connectivity index (χ2v) is 4.67. The van der Waals surface area contributed by atoms with Gasteiger partial charge in [-0.2, -0.15) is 0 Å². The van der Waals surface area contributed by atoms with E-state index in [1.54, 1.807) is 26.2 Å². The molecular formula is C17H18N2O3. The average molecular weight is 298 g/mol. The van der Waals surface area contributed by atoms with Gasteiger partial charge in [-0.3, -0.25) is 9.36 Å². The lowest BCUT2D eigenvalue weighted by Gasteiger charge is -1.99. The van der Waals surface area contributed by atoms with E-state index in [4.69, 9.17) is 4.74 Å². The highest BCUT2D eigenvalue weighted by Gasteiger charge is 2.00. The summed E-state index contributed by atoms with van der Waals surface area (Å²) in [5.74, 6) is 0.785. The van der Waals surface area contributed by atoms with Crippen LogP contribution < -0.4 is 26.6 Å². The first-order valence-corrected chi connectivity index (χ1v) is 6.91. The van der Waals surface area contributed by atoms with Crippen LogP contribution in [-0.4, -0.2) is 16.7 Å². The van der Waals surface area contributed by atoms with E-state index in [-0.39, 0.29) is 5.56 Å². The highest BCUT2D eigenvalue weighted by atomic mass is 16.5. The zero-order chi connectivity index (χ0) is 16.1. The van der Waals surface area contributed by atoms with E-state index in [1.165, 1.54) is 0 Å². The maximum atomic E-state index is 12.2. The van der Waals surface area contributed by atoms with Crippen LogP contribution in [0.15, 0.2) is 39.9 Å². The number of H-pyrrole nitrogens is 1. The summed E-state index contributed by atoms with van der Waals surface area (Å²) in [7, 11) is 1.61. The number of benzene rings is 1. The first kappa shape index (κ1) is 15.6. The lowest BCUT2D eigenvalue weighted by atomic mass is 10.2. The van der Waals surface area contributed by atoms with Crippen molar-refractivity contribution in [1.29, 1.82) is 0 Å². The van der Waals surface area contributed by atoms with Crippen molar-refractivity contribution >= 4 is 18.7 Å². The first-order valence-electron chi connectivity index (χ1n) is 6.91. The molecule has 0 aliphatic rings. The number of rotatable bonds is 4. The van der Waals surface area contributed by atoms with Crippen molar-refractivity contribution in [3.05, 3.63) is 67.3 Å². The third-order valence-corrected chi connectivity index (χ3v) is 3.29. The topological polar surface area (TPSA) is 64.1 Å². The third kappa shape index (κ3) is 3.25. The molecule has 0 radical (unpaired) electrons. The fourth-order valence-electron chi connectivity index (χ4n) is 2.06. The third-order valence-electron chi connectivity index (χ3n) is 3.29. The quantitative estimate of drug-likeness (QED) is 0.892. The summed E-state index contributed by atoms with van der Waals surface area (Å²) in [4.78, 5) is 26.4. The minimum absolute atomic E-state index is 0.317. The molecule has 0 aliphatic carbocycles. The number of aromatic amines is 1. The van der Waals surface area contributed by atoms with Gasteiger partial charge in [-0.15, -0.1) is 0 Å². The molecule has 0 saturated heterocycles. The number of aromatic nitrogens is 2. The van der Waals surface area contributed by atoms with E-state index < -0.39 is 5.69 Å². The van der Waals surface area contributed by atoms with Crippen LogP contribution in [0.2, 0.25) is 0 Å². The molecule has 1 N–H and O–H groups in total. The number of allylic oxidation sites excluding steroid dienone is 1. The SMILES string of the molecule is C=c1[nH]c(=O)n(CC)c(=O)c1=CC=Cc1ccc(OC)cc1. The molecule has 1 heterocycles. The van der Waals surface area contributed by atoms with Crippen LogP contribution in [0.3, 0.4) is 0 Å². The molecule has 0 fully saturated rings. The fourth-order valence-corrected chi connectivity index (χ4v) is 2.06. The number of ether oxygens (including phenoxy) is 1. The summed E-state index contributed by atoms with van der Waals surface area (Å²) in [6, 6.07) is 7.53. The second-order valence-electron chi connectivity index (χ2n) is 4.67. The molecule has 2 rings (SSSR count). The highest BCUT2D eigenvalue weighted by molar-refractivity contribution is 5.58.